The van der Waals surface area contributed by atoms with Crippen LogP contribution >= 0.6 is 11.6 Å². The zero-order valence-electron chi connectivity index (χ0n) is 17.6. The van der Waals surface area contributed by atoms with Crippen LogP contribution in [0.3, 0.4) is 0 Å². The molecule has 32 heavy (non-hydrogen) atoms. The molecule has 0 saturated carbocycles. The number of ether oxygens (including phenoxy) is 2. The van der Waals surface area contributed by atoms with E-state index in [1.165, 1.54) is 6.07 Å². The smallest absolute Gasteiger partial charge is 0.422 e. The molecule has 3 aromatic rings. The van der Waals surface area contributed by atoms with E-state index in [9.17, 15) is 18.3 Å². The molecule has 1 N–H and O–H groups in total. The summed E-state index contributed by atoms with van der Waals surface area (Å²) in [7, 11) is 0. The summed E-state index contributed by atoms with van der Waals surface area (Å²) in [5.74, 6) is 0.324. The minimum atomic E-state index is -4.47. The second kappa shape index (κ2) is 7.67. The number of aliphatic imine (C=N–C) groups is 1. The monoisotopic (exact) mass is 467 g/mol. The predicted octanol–water partition coefficient (Wildman–Crippen LogP) is 4.90. The van der Waals surface area contributed by atoms with Gasteiger partial charge in [-0.2, -0.15) is 13.2 Å². The van der Waals surface area contributed by atoms with Crippen molar-refractivity contribution in [2.45, 2.75) is 38.1 Å². The molecule has 4 rings (SSSR count). The van der Waals surface area contributed by atoms with E-state index in [0.29, 0.717) is 27.5 Å². The number of hydrogen-bond acceptors (Lipinski definition) is 5. The minimum Gasteiger partial charge on any atom is -0.483 e. The number of imidazole rings is 1. The van der Waals surface area contributed by atoms with Crippen LogP contribution in [0.1, 0.15) is 26.5 Å². The summed E-state index contributed by atoms with van der Waals surface area (Å²) in [6.45, 7) is 3.88. The summed E-state index contributed by atoms with van der Waals surface area (Å²) in [6.07, 6.45) is -1.18. The first-order valence-electron chi connectivity index (χ1n) is 9.80. The number of aliphatic hydroxyl groups is 1. The Balaban J connectivity index is 1.75. The molecule has 0 aliphatic carbocycles. The number of fused-ring (bicyclic) bond motifs is 1. The first-order chi connectivity index (χ1) is 14.9. The molecule has 6 nitrogen and oxygen atoms in total. The van der Waals surface area contributed by atoms with Gasteiger partial charge in [0.05, 0.1) is 11.6 Å². The number of rotatable bonds is 5. The van der Waals surface area contributed by atoms with E-state index in [4.69, 9.17) is 21.1 Å². The van der Waals surface area contributed by atoms with Crippen molar-refractivity contribution in [3.63, 3.8) is 0 Å². The molecule has 1 aliphatic heterocycles. The molecule has 0 amide bonds. The summed E-state index contributed by atoms with van der Waals surface area (Å²) >= 11 is 6.29. The Morgan fingerprint density at radius 2 is 1.94 bits per heavy atom. The second-order valence-electron chi connectivity index (χ2n) is 8.34. The minimum absolute atomic E-state index is 0.0580. The lowest BCUT2D eigenvalue weighted by Crippen LogP contribution is -2.50. The van der Waals surface area contributed by atoms with Crippen LogP contribution < -0.4 is 4.74 Å². The van der Waals surface area contributed by atoms with Crippen molar-refractivity contribution < 1.29 is 27.8 Å². The summed E-state index contributed by atoms with van der Waals surface area (Å²) in [5.41, 5.74) is -0.301. The van der Waals surface area contributed by atoms with Crippen LogP contribution in [0.5, 0.6) is 5.75 Å². The van der Waals surface area contributed by atoms with Gasteiger partial charge in [0.2, 0.25) is 5.90 Å². The van der Waals surface area contributed by atoms with E-state index in [1.807, 2.05) is 0 Å². The highest BCUT2D eigenvalue weighted by Crippen LogP contribution is 2.36. The van der Waals surface area contributed by atoms with Crippen molar-refractivity contribution in [1.82, 2.24) is 9.38 Å². The molecule has 0 bridgehead atoms. The summed E-state index contributed by atoms with van der Waals surface area (Å²) in [6, 6.07) is 7.99. The van der Waals surface area contributed by atoms with Crippen LogP contribution in [0.2, 0.25) is 5.02 Å². The second-order valence-corrected chi connectivity index (χ2v) is 8.78. The Morgan fingerprint density at radius 1 is 1.22 bits per heavy atom. The molecule has 0 fully saturated rings. The maximum atomic E-state index is 12.7. The Hall–Kier alpha value is -2.78. The Kier molecular flexibility index (Phi) is 5.37. The van der Waals surface area contributed by atoms with Gasteiger partial charge in [0.15, 0.2) is 12.2 Å². The van der Waals surface area contributed by atoms with Gasteiger partial charge >= 0.3 is 6.18 Å². The maximum absolute atomic E-state index is 12.7. The fourth-order valence-electron chi connectivity index (χ4n) is 3.29. The number of nitrogens with zero attached hydrogens (tertiary/aromatic N) is 3. The topological polar surface area (TPSA) is 68.4 Å². The lowest BCUT2D eigenvalue weighted by Gasteiger charge is -2.35. The van der Waals surface area contributed by atoms with E-state index in [0.717, 1.165) is 0 Å². The molecule has 0 spiro atoms. The highest BCUT2D eigenvalue weighted by molar-refractivity contribution is 6.31. The molecule has 1 aliphatic rings. The zero-order valence-corrected chi connectivity index (χ0v) is 18.3. The SMILES string of the molecule is CC(C)(O)C1(C)CN=C(c2cn3cc(Cl)cc(-c4ccccc4OCC(F)(F)F)c3n2)O1. The normalized spacial score (nSPS) is 19.2. The largest absolute Gasteiger partial charge is 0.483 e. The van der Waals surface area contributed by atoms with E-state index in [-0.39, 0.29) is 18.2 Å². The number of alkyl halides is 3. The third kappa shape index (κ3) is 4.27. The van der Waals surface area contributed by atoms with Crippen molar-refractivity contribution in [1.29, 1.82) is 0 Å². The highest BCUT2D eigenvalue weighted by atomic mass is 35.5. The zero-order chi connectivity index (χ0) is 23.3. The molecule has 3 heterocycles. The molecule has 1 aromatic carbocycles. The van der Waals surface area contributed by atoms with Crippen LogP contribution in [-0.2, 0) is 4.74 Å². The Labute approximate surface area is 187 Å². The molecule has 10 heteroatoms. The van der Waals surface area contributed by atoms with Gasteiger partial charge in [-0.05, 0) is 32.9 Å². The molecule has 0 radical (unpaired) electrons. The van der Waals surface area contributed by atoms with Crippen LogP contribution in [-0.4, -0.2) is 50.9 Å². The Bertz CT molecular complexity index is 1200. The van der Waals surface area contributed by atoms with Gasteiger partial charge in [-0.25, -0.2) is 9.98 Å². The van der Waals surface area contributed by atoms with Crippen molar-refractivity contribution in [2.24, 2.45) is 4.99 Å². The fraction of sp³-hybridized carbons (Fsp3) is 0.364. The van der Waals surface area contributed by atoms with Gasteiger partial charge in [-0.3, -0.25) is 0 Å². The summed E-state index contributed by atoms with van der Waals surface area (Å²) in [4.78, 5) is 8.99. The van der Waals surface area contributed by atoms with E-state index in [1.54, 1.807) is 61.8 Å². The molecule has 1 atom stereocenters. The number of aromatic nitrogens is 2. The van der Waals surface area contributed by atoms with Crippen LogP contribution in [0.4, 0.5) is 13.2 Å². The third-order valence-corrected chi connectivity index (χ3v) is 5.65. The molecule has 0 saturated heterocycles. The number of pyridine rings is 1. The molecule has 2 aromatic heterocycles. The average molecular weight is 468 g/mol. The maximum Gasteiger partial charge on any atom is 0.422 e. The molecule has 170 valence electrons. The van der Waals surface area contributed by atoms with Crippen LogP contribution in [0.15, 0.2) is 47.7 Å². The van der Waals surface area contributed by atoms with Gasteiger partial charge in [0.25, 0.3) is 0 Å². The Morgan fingerprint density at radius 3 is 2.59 bits per heavy atom. The number of benzene rings is 1. The molecular weight excluding hydrogens is 447 g/mol. The van der Waals surface area contributed by atoms with Crippen LogP contribution in [0, 0.1) is 0 Å². The van der Waals surface area contributed by atoms with Crippen molar-refractivity contribution in [3.8, 4) is 16.9 Å². The fourth-order valence-corrected chi connectivity index (χ4v) is 3.51. The van der Waals surface area contributed by atoms with E-state index < -0.39 is 24.0 Å². The molecular formula is C22H21ClF3N3O3. The van der Waals surface area contributed by atoms with Crippen LogP contribution in [0.25, 0.3) is 16.8 Å². The summed E-state index contributed by atoms with van der Waals surface area (Å²) in [5, 5.41) is 10.8. The highest BCUT2D eigenvalue weighted by Gasteiger charge is 2.46. The first-order valence-corrected chi connectivity index (χ1v) is 10.2. The van der Waals surface area contributed by atoms with Gasteiger partial charge < -0.3 is 19.0 Å². The van der Waals surface area contributed by atoms with Crippen molar-refractivity contribution in [3.05, 3.63) is 53.4 Å². The lowest BCUT2D eigenvalue weighted by atomic mass is 9.88. The first kappa shape index (κ1) is 22.4. The average Bonchev–Trinajstić information content (AvgIpc) is 3.29. The van der Waals surface area contributed by atoms with Crippen molar-refractivity contribution in [2.75, 3.05) is 13.2 Å². The van der Waals surface area contributed by atoms with E-state index in [2.05, 4.69) is 9.98 Å². The summed E-state index contributed by atoms with van der Waals surface area (Å²) < 4.78 is 50.8. The van der Waals surface area contributed by atoms with E-state index >= 15 is 0 Å². The standard InChI is InChI=1S/C22H21ClF3N3O3/c1-20(2,30)21(3)11-27-19(32-21)16-10-29-9-13(23)8-15(18(29)28-16)14-6-4-5-7-17(14)31-12-22(24,25)26/h4-10,30H,11-12H2,1-3H3. The van der Waals surface area contributed by atoms with Gasteiger partial charge in [-0.15, -0.1) is 0 Å². The predicted molar refractivity (Wildman–Crippen MR) is 114 cm³/mol. The number of para-hydroxylation sites is 1. The molecule has 1 unspecified atom stereocenters. The van der Waals surface area contributed by atoms with Gasteiger partial charge in [-0.1, -0.05) is 29.8 Å². The third-order valence-electron chi connectivity index (χ3n) is 5.45. The number of halogens is 4. The van der Waals surface area contributed by atoms with Gasteiger partial charge in [0, 0.05) is 23.5 Å². The quantitative estimate of drug-likeness (QED) is 0.579. The van der Waals surface area contributed by atoms with Crippen molar-refractivity contribution >= 4 is 23.1 Å². The van der Waals surface area contributed by atoms with Gasteiger partial charge in [0.1, 0.15) is 22.7 Å². The number of hydrogen-bond donors (Lipinski definition) is 1. The lowest BCUT2D eigenvalue weighted by molar-refractivity contribution is -0.153.